The Morgan fingerprint density at radius 2 is 1.08 bits per heavy atom. The second-order valence-corrected chi connectivity index (χ2v) is 13.4. The molecule has 53 heavy (non-hydrogen) atoms. The van der Waals surface area contributed by atoms with E-state index in [9.17, 15) is 0 Å². The van der Waals surface area contributed by atoms with Gasteiger partial charge in [-0.2, -0.15) is 0 Å². The first-order valence-electron chi connectivity index (χ1n) is 17.7. The zero-order chi connectivity index (χ0) is 34.9. The zero-order valence-corrected chi connectivity index (χ0v) is 28.4. The lowest BCUT2D eigenvalue weighted by Crippen LogP contribution is -2.14. The molecule has 0 amide bonds. The average Bonchev–Trinajstić information content (AvgIpc) is 3.74. The van der Waals surface area contributed by atoms with Gasteiger partial charge in [0.2, 0.25) is 0 Å². The molecular weight excluding hydrogens is 651 g/mol. The van der Waals surface area contributed by atoms with E-state index in [0.717, 1.165) is 100 Å². The minimum absolute atomic E-state index is 0.658. The molecule has 0 radical (unpaired) electrons. The Balaban J connectivity index is 1.17. The second kappa shape index (κ2) is 11.7. The molecule has 0 unspecified atom stereocenters. The van der Waals surface area contributed by atoms with E-state index in [1.165, 1.54) is 0 Å². The van der Waals surface area contributed by atoms with Gasteiger partial charge in [0.05, 0.1) is 17.1 Å². The molecule has 1 aliphatic rings. The van der Waals surface area contributed by atoms with Gasteiger partial charge in [0.25, 0.3) is 0 Å². The Kier molecular flexibility index (Phi) is 6.48. The van der Waals surface area contributed by atoms with Gasteiger partial charge >= 0.3 is 0 Å². The first-order valence-corrected chi connectivity index (χ1v) is 17.7. The largest absolute Gasteiger partial charge is 0.456 e. The summed E-state index contributed by atoms with van der Waals surface area (Å²) in [5, 5.41) is 4.35. The molecule has 0 saturated heterocycles. The van der Waals surface area contributed by atoms with Gasteiger partial charge in [-0.15, -0.1) is 0 Å². The number of benzene rings is 7. The van der Waals surface area contributed by atoms with E-state index in [-0.39, 0.29) is 0 Å². The maximum atomic E-state index is 6.47. The number of furan rings is 2. The third-order valence-corrected chi connectivity index (χ3v) is 10.2. The predicted molar refractivity (Wildman–Crippen MR) is 217 cm³/mol. The molecule has 7 aromatic carbocycles. The molecule has 0 bridgehead atoms. The summed E-state index contributed by atoms with van der Waals surface area (Å²) in [5.74, 6) is 1.42. The summed E-state index contributed by atoms with van der Waals surface area (Å²) in [6, 6.07) is 56.5. The van der Waals surface area contributed by atoms with Gasteiger partial charge in [0.1, 0.15) is 28.1 Å². The molecule has 11 rings (SSSR count). The molecule has 0 aliphatic carbocycles. The van der Waals surface area contributed by atoms with E-state index in [1.54, 1.807) is 0 Å². The predicted octanol–water partition coefficient (Wildman–Crippen LogP) is 13.2. The summed E-state index contributed by atoms with van der Waals surface area (Å²) in [7, 11) is 0. The Morgan fingerprint density at radius 1 is 0.415 bits per heavy atom. The monoisotopic (exact) mass is 679 g/mol. The van der Waals surface area contributed by atoms with E-state index in [1.807, 2.05) is 60.7 Å². The van der Waals surface area contributed by atoms with E-state index < -0.39 is 0 Å². The highest BCUT2D eigenvalue weighted by Gasteiger charge is 2.26. The fourth-order valence-electron chi connectivity index (χ4n) is 7.71. The summed E-state index contributed by atoms with van der Waals surface area (Å²) in [4.78, 5) is 12.7. The van der Waals surface area contributed by atoms with Gasteiger partial charge in [0, 0.05) is 49.9 Å². The highest BCUT2D eigenvalue weighted by molar-refractivity contribution is 6.11. The number of anilines is 3. The SMILES string of the molecule is C1=Cc2cc3oc4ccccc4c3cc2N(c2cc(-c3ccccc3)nc(-c3ccccc3)n2)c2ccc(-c3cccc4c3oc3ccccc34)cc21. The van der Waals surface area contributed by atoms with E-state index in [2.05, 4.69) is 120 Å². The van der Waals surface area contributed by atoms with Crippen molar-refractivity contribution < 1.29 is 8.83 Å². The standard InChI is InChI=1S/C48H29N3O2/c1-3-12-30(13-4-1)40-29-46(50-48(49-40)31-14-5-2-6-15-31)51-41-25-24-32(35-18-11-19-38-36-16-7-10-21-44(36)53-47(35)38)26-33(41)22-23-34-27-45-39(28-42(34)51)37-17-8-9-20-43(37)52-45/h1-29H. The minimum Gasteiger partial charge on any atom is -0.456 e. The van der Waals surface area contributed by atoms with Crippen LogP contribution >= 0.6 is 0 Å². The van der Waals surface area contributed by atoms with Crippen LogP contribution in [0.5, 0.6) is 0 Å². The van der Waals surface area contributed by atoms with Crippen LogP contribution in [0.3, 0.4) is 0 Å². The normalized spacial score (nSPS) is 12.4. The van der Waals surface area contributed by atoms with Gasteiger partial charge in [-0.05, 0) is 47.5 Å². The zero-order valence-electron chi connectivity index (χ0n) is 28.4. The second-order valence-electron chi connectivity index (χ2n) is 13.4. The van der Waals surface area contributed by atoms with E-state index in [0.29, 0.717) is 5.82 Å². The minimum atomic E-state index is 0.658. The molecule has 4 heterocycles. The maximum absolute atomic E-state index is 6.47. The number of hydrogen-bond donors (Lipinski definition) is 0. The molecule has 0 atom stereocenters. The van der Waals surface area contributed by atoms with Crippen molar-refractivity contribution in [3.8, 4) is 33.8 Å². The average molecular weight is 680 g/mol. The Hall–Kier alpha value is -7.24. The van der Waals surface area contributed by atoms with Crippen LogP contribution in [-0.4, -0.2) is 9.97 Å². The number of hydrogen-bond acceptors (Lipinski definition) is 5. The molecule has 248 valence electrons. The van der Waals surface area contributed by atoms with Crippen LogP contribution in [0.2, 0.25) is 0 Å². The smallest absolute Gasteiger partial charge is 0.162 e. The molecule has 0 fully saturated rings. The third-order valence-electron chi connectivity index (χ3n) is 10.2. The van der Waals surface area contributed by atoms with Gasteiger partial charge in [-0.1, -0.05) is 133 Å². The summed E-state index contributed by atoms with van der Waals surface area (Å²) in [5.41, 5.74) is 12.5. The maximum Gasteiger partial charge on any atom is 0.162 e. The van der Waals surface area contributed by atoms with E-state index in [4.69, 9.17) is 18.8 Å². The van der Waals surface area contributed by atoms with Crippen LogP contribution in [0, 0.1) is 0 Å². The van der Waals surface area contributed by atoms with Crippen molar-refractivity contribution in [1.29, 1.82) is 0 Å². The molecule has 3 aromatic heterocycles. The topological polar surface area (TPSA) is 55.3 Å². The molecule has 10 aromatic rings. The van der Waals surface area contributed by atoms with Crippen molar-refractivity contribution in [3.63, 3.8) is 0 Å². The lowest BCUT2D eigenvalue weighted by Gasteiger charge is -2.27. The number of rotatable bonds is 4. The van der Waals surface area contributed by atoms with Crippen LogP contribution in [0.1, 0.15) is 11.1 Å². The fourth-order valence-corrected chi connectivity index (χ4v) is 7.71. The van der Waals surface area contributed by atoms with E-state index >= 15 is 0 Å². The van der Waals surface area contributed by atoms with Crippen LogP contribution in [0.25, 0.3) is 89.8 Å². The number of fused-ring (bicyclic) bond motifs is 8. The van der Waals surface area contributed by atoms with Gasteiger partial charge in [-0.25, -0.2) is 9.97 Å². The molecular formula is C48H29N3O2. The lowest BCUT2D eigenvalue weighted by molar-refractivity contribution is 0.668. The fraction of sp³-hybridized carbons (Fsp3) is 0. The lowest BCUT2D eigenvalue weighted by atomic mass is 9.99. The first-order chi connectivity index (χ1) is 26.2. The van der Waals surface area contributed by atoms with Crippen molar-refractivity contribution in [2.75, 3.05) is 4.90 Å². The quantitative estimate of drug-likeness (QED) is 0.185. The molecule has 5 nitrogen and oxygen atoms in total. The number of nitrogens with zero attached hydrogens (tertiary/aromatic N) is 3. The Labute approximate surface area is 304 Å². The first kappa shape index (κ1) is 29.5. The Bertz CT molecular complexity index is 3010. The van der Waals surface area contributed by atoms with Gasteiger partial charge in [0.15, 0.2) is 5.82 Å². The summed E-state index contributed by atoms with van der Waals surface area (Å²) < 4.78 is 12.9. The molecule has 0 spiro atoms. The van der Waals surface area contributed by atoms with Crippen molar-refractivity contribution in [2.24, 2.45) is 0 Å². The third kappa shape index (κ3) is 4.79. The van der Waals surface area contributed by atoms with Gasteiger partial charge in [-0.3, -0.25) is 4.90 Å². The summed E-state index contributed by atoms with van der Waals surface area (Å²) in [6.45, 7) is 0. The van der Waals surface area contributed by atoms with Crippen LogP contribution in [-0.2, 0) is 0 Å². The van der Waals surface area contributed by atoms with Crippen molar-refractivity contribution in [1.82, 2.24) is 9.97 Å². The Morgan fingerprint density at radius 3 is 1.87 bits per heavy atom. The van der Waals surface area contributed by atoms with Crippen LogP contribution in [0.15, 0.2) is 173 Å². The van der Waals surface area contributed by atoms with Crippen molar-refractivity contribution in [3.05, 3.63) is 175 Å². The highest BCUT2D eigenvalue weighted by atomic mass is 16.3. The highest BCUT2D eigenvalue weighted by Crippen LogP contribution is 2.47. The van der Waals surface area contributed by atoms with Crippen LogP contribution in [0.4, 0.5) is 17.2 Å². The number of aromatic nitrogens is 2. The molecule has 0 saturated carbocycles. The van der Waals surface area contributed by atoms with Crippen LogP contribution < -0.4 is 4.90 Å². The molecule has 5 heteroatoms. The molecule has 0 N–H and O–H groups in total. The van der Waals surface area contributed by atoms with Crippen molar-refractivity contribution in [2.45, 2.75) is 0 Å². The molecule has 1 aliphatic heterocycles. The van der Waals surface area contributed by atoms with Gasteiger partial charge < -0.3 is 8.83 Å². The van der Waals surface area contributed by atoms with Crippen molar-refractivity contribution >= 4 is 73.2 Å². The summed E-state index contributed by atoms with van der Waals surface area (Å²) in [6.07, 6.45) is 4.38. The number of para-hydroxylation sites is 3. The summed E-state index contributed by atoms with van der Waals surface area (Å²) >= 11 is 0.